The highest BCUT2D eigenvalue weighted by atomic mass is 127. The molecule has 0 atom stereocenters. The van der Waals surface area contributed by atoms with Crippen molar-refractivity contribution in [1.29, 1.82) is 0 Å². The summed E-state index contributed by atoms with van der Waals surface area (Å²) in [4.78, 5) is 16.2. The van der Waals surface area contributed by atoms with Gasteiger partial charge in [-0.2, -0.15) is 0 Å². The number of nitrogens with zero attached hydrogens (tertiary/aromatic N) is 1. The number of hydrogen-bond acceptors (Lipinski definition) is 3. The van der Waals surface area contributed by atoms with E-state index in [9.17, 15) is 9.18 Å². The smallest absolute Gasteiger partial charge is 0.224 e. The first-order chi connectivity index (χ1) is 14.3. The monoisotopic (exact) mass is 542 g/mol. The lowest BCUT2D eigenvalue weighted by molar-refractivity contribution is -0.120. The number of aliphatic imine (C=N–C) groups is 1. The number of amides is 1. The van der Waals surface area contributed by atoms with Crippen molar-refractivity contribution in [2.75, 3.05) is 20.1 Å². The zero-order valence-corrected chi connectivity index (χ0v) is 20.8. The number of para-hydroxylation sites is 1. The zero-order chi connectivity index (χ0) is 22.0. The molecular formula is C23H32FIN4O2. The van der Waals surface area contributed by atoms with Gasteiger partial charge in [-0.15, -0.1) is 24.0 Å². The van der Waals surface area contributed by atoms with Crippen molar-refractivity contribution >= 4 is 35.8 Å². The fraction of sp³-hybridized carbons (Fsp3) is 0.391. The predicted molar refractivity (Wildman–Crippen MR) is 134 cm³/mol. The van der Waals surface area contributed by atoms with E-state index in [-0.39, 0.29) is 47.7 Å². The number of benzene rings is 2. The zero-order valence-electron chi connectivity index (χ0n) is 18.5. The highest BCUT2D eigenvalue weighted by Gasteiger charge is 2.14. The van der Waals surface area contributed by atoms with Crippen LogP contribution < -0.4 is 20.7 Å². The summed E-state index contributed by atoms with van der Waals surface area (Å²) < 4.78 is 19.2. The van der Waals surface area contributed by atoms with Gasteiger partial charge >= 0.3 is 0 Å². The molecule has 0 bridgehead atoms. The summed E-state index contributed by atoms with van der Waals surface area (Å²) in [6.07, 6.45) is 0.148. The Balaban J connectivity index is 0.00000480. The Bertz CT molecular complexity index is 869. The summed E-state index contributed by atoms with van der Waals surface area (Å²) in [6, 6.07) is 13.9. The van der Waals surface area contributed by atoms with Gasteiger partial charge in [-0.05, 0) is 44.5 Å². The molecule has 0 aromatic heterocycles. The molecule has 0 aliphatic rings. The summed E-state index contributed by atoms with van der Waals surface area (Å²) in [7, 11) is 1.69. The van der Waals surface area contributed by atoms with E-state index in [0.29, 0.717) is 31.2 Å². The number of rotatable bonds is 8. The first-order valence-corrected chi connectivity index (χ1v) is 9.99. The highest BCUT2D eigenvalue weighted by molar-refractivity contribution is 14.0. The van der Waals surface area contributed by atoms with Gasteiger partial charge in [0.1, 0.15) is 17.2 Å². The van der Waals surface area contributed by atoms with Crippen LogP contribution in [0.25, 0.3) is 0 Å². The molecule has 0 spiro atoms. The van der Waals surface area contributed by atoms with Crippen LogP contribution in [0.2, 0.25) is 0 Å². The Labute approximate surface area is 201 Å². The summed E-state index contributed by atoms with van der Waals surface area (Å²) in [5.74, 6) is 0.961. The Morgan fingerprint density at radius 3 is 2.42 bits per heavy atom. The second-order valence-corrected chi connectivity index (χ2v) is 7.83. The van der Waals surface area contributed by atoms with Gasteiger partial charge in [-0.1, -0.05) is 30.3 Å². The molecule has 0 saturated carbocycles. The van der Waals surface area contributed by atoms with Crippen molar-refractivity contribution in [2.45, 2.75) is 39.3 Å². The minimum atomic E-state index is -0.341. The fourth-order valence-electron chi connectivity index (χ4n) is 2.76. The molecule has 2 aromatic carbocycles. The van der Waals surface area contributed by atoms with Gasteiger partial charge < -0.3 is 20.7 Å². The summed E-state index contributed by atoms with van der Waals surface area (Å²) in [5.41, 5.74) is 1.40. The first-order valence-electron chi connectivity index (χ1n) is 9.99. The van der Waals surface area contributed by atoms with Gasteiger partial charge in [-0.3, -0.25) is 9.79 Å². The maximum absolute atomic E-state index is 13.2. The van der Waals surface area contributed by atoms with E-state index in [2.05, 4.69) is 20.9 Å². The van der Waals surface area contributed by atoms with Crippen molar-refractivity contribution < 1.29 is 13.9 Å². The van der Waals surface area contributed by atoms with E-state index in [0.717, 1.165) is 11.3 Å². The quantitative estimate of drug-likeness (QED) is 0.206. The molecule has 0 heterocycles. The van der Waals surface area contributed by atoms with Crippen LogP contribution in [-0.4, -0.2) is 37.6 Å². The van der Waals surface area contributed by atoms with Gasteiger partial charge in [0.15, 0.2) is 5.96 Å². The molecule has 0 saturated heterocycles. The minimum absolute atomic E-state index is 0. The van der Waals surface area contributed by atoms with Crippen molar-refractivity contribution in [1.82, 2.24) is 16.0 Å². The van der Waals surface area contributed by atoms with E-state index in [1.165, 1.54) is 12.1 Å². The van der Waals surface area contributed by atoms with Crippen molar-refractivity contribution in [3.05, 3.63) is 65.5 Å². The molecule has 0 unspecified atom stereocenters. The number of ether oxygens (including phenoxy) is 1. The number of nitrogens with one attached hydrogen (secondary N) is 3. The Morgan fingerprint density at radius 2 is 1.74 bits per heavy atom. The van der Waals surface area contributed by atoms with Gasteiger partial charge in [0, 0.05) is 32.2 Å². The summed E-state index contributed by atoms with van der Waals surface area (Å²) >= 11 is 0. The van der Waals surface area contributed by atoms with Gasteiger partial charge in [0.2, 0.25) is 5.91 Å². The van der Waals surface area contributed by atoms with Crippen LogP contribution in [0.15, 0.2) is 53.5 Å². The van der Waals surface area contributed by atoms with Crippen LogP contribution >= 0.6 is 24.0 Å². The number of halogens is 2. The van der Waals surface area contributed by atoms with Crippen LogP contribution in [0.5, 0.6) is 5.75 Å². The molecular weight excluding hydrogens is 510 g/mol. The minimum Gasteiger partial charge on any atom is -0.488 e. The standard InChI is InChI=1S/C23H31FN4O2.HI/c1-23(2,3)30-20-11-6-5-9-18(20)16-28-22(25-4)27-13-12-26-21(29)15-17-8-7-10-19(24)14-17;/h5-11,14H,12-13,15-16H2,1-4H3,(H,26,29)(H2,25,27,28);1H. The fourth-order valence-corrected chi connectivity index (χ4v) is 2.76. The number of hydrogen-bond donors (Lipinski definition) is 3. The SMILES string of the molecule is CN=C(NCCNC(=O)Cc1cccc(F)c1)NCc1ccccc1OC(C)(C)C.I. The second kappa shape index (κ2) is 13.1. The number of carbonyl (C=O) groups is 1. The predicted octanol–water partition coefficient (Wildman–Crippen LogP) is 3.64. The third kappa shape index (κ3) is 10.5. The second-order valence-electron chi connectivity index (χ2n) is 7.83. The van der Waals surface area contributed by atoms with Crippen molar-refractivity contribution in [3.8, 4) is 5.75 Å². The lowest BCUT2D eigenvalue weighted by atomic mass is 10.1. The molecule has 2 aromatic rings. The molecule has 31 heavy (non-hydrogen) atoms. The average molecular weight is 542 g/mol. The van der Waals surface area contributed by atoms with Crippen LogP contribution in [0.1, 0.15) is 31.9 Å². The maximum atomic E-state index is 13.2. The lowest BCUT2D eigenvalue weighted by Gasteiger charge is -2.23. The normalized spacial score (nSPS) is 11.3. The molecule has 3 N–H and O–H groups in total. The first kappa shape index (κ1) is 26.7. The van der Waals surface area contributed by atoms with E-state index in [1.807, 2.05) is 45.0 Å². The van der Waals surface area contributed by atoms with Gasteiger partial charge in [0.25, 0.3) is 0 Å². The van der Waals surface area contributed by atoms with E-state index in [1.54, 1.807) is 19.2 Å². The van der Waals surface area contributed by atoms with Crippen LogP contribution in [-0.2, 0) is 17.8 Å². The molecule has 1 amide bonds. The molecule has 0 radical (unpaired) electrons. The van der Waals surface area contributed by atoms with E-state index >= 15 is 0 Å². The Hall–Kier alpha value is -2.36. The number of guanidine groups is 1. The largest absolute Gasteiger partial charge is 0.488 e. The lowest BCUT2D eigenvalue weighted by Crippen LogP contribution is -2.41. The van der Waals surface area contributed by atoms with Crippen molar-refractivity contribution in [2.24, 2.45) is 4.99 Å². The Kier molecular flexibility index (Phi) is 11.3. The van der Waals surface area contributed by atoms with Crippen LogP contribution in [0, 0.1) is 5.82 Å². The average Bonchev–Trinajstić information content (AvgIpc) is 2.67. The molecule has 0 aliphatic carbocycles. The molecule has 0 aliphatic heterocycles. The highest BCUT2D eigenvalue weighted by Crippen LogP contribution is 2.22. The van der Waals surface area contributed by atoms with Gasteiger partial charge in [0.05, 0.1) is 6.42 Å². The van der Waals surface area contributed by atoms with E-state index in [4.69, 9.17) is 4.74 Å². The third-order valence-corrected chi connectivity index (χ3v) is 4.05. The van der Waals surface area contributed by atoms with E-state index < -0.39 is 0 Å². The third-order valence-electron chi connectivity index (χ3n) is 4.05. The summed E-state index contributed by atoms with van der Waals surface area (Å²) in [6.45, 7) is 7.53. The molecule has 6 nitrogen and oxygen atoms in total. The Morgan fingerprint density at radius 1 is 1.03 bits per heavy atom. The molecule has 170 valence electrons. The van der Waals surface area contributed by atoms with Crippen LogP contribution in [0.4, 0.5) is 4.39 Å². The maximum Gasteiger partial charge on any atom is 0.224 e. The molecule has 8 heteroatoms. The molecule has 0 fully saturated rings. The topological polar surface area (TPSA) is 74.8 Å². The number of carbonyl (C=O) groups excluding carboxylic acids is 1. The summed E-state index contributed by atoms with van der Waals surface area (Å²) in [5, 5.41) is 9.22. The van der Waals surface area contributed by atoms with Crippen molar-refractivity contribution in [3.63, 3.8) is 0 Å². The van der Waals surface area contributed by atoms with Gasteiger partial charge in [-0.25, -0.2) is 4.39 Å². The molecule has 2 rings (SSSR count). The van der Waals surface area contributed by atoms with Crippen LogP contribution in [0.3, 0.4) is 0 Å².